The molecule has 4 nitrogen and oxygen atoms in total. The summed E-state index contributed by atoms with van der Waals surface area (Å²) < 4.78 is 26.1. The predicted molar refractivity (Wildman–Crippen MR) is 81.1 cm³/mol. The molecule has 122 valence electrons. The lowest BCUT2D eigenvalue weighted by molar-refractivity contribution is 0.0851. The first-order valence-corrected chi connectivity index (χ1v) is 7.02. The maximum Gasteiger partial charge on any atom is 0.251 e. The van der Waals surface area contributed by atoms with Gasteiger partial charge >= 0.3 is 0 Å². The first-order chi connectivity index (χ1) is 10.8. The van der Waals surface area contributed by atoms with Crippen LogP contribution in [-0.2, 0) is 0 Å². The molecule has 0 saturated heterocycles. The van der Waals surface area contributed by atoms with E-state index in [1.807, 2.05) is 0 Å². The van der Waals surface area contributed by atoms with E-state index in [2.05, 4.69) is 5.32 Å². The van der Waals surface area contributed by atoms with Crippen LogP contribution in [0.25, 0.3) is 0 Å². The monoisotopic (exact) mass is 321 g/mol. The van der Waals surface area contributed by atoms with Gasteiger partial charge in [0.25, 0.3) is 5.91 Å². The average Bonchev–Trinajstić information content (AvgIpc) is 2.48. The number of aliphatic hydroxyl groups is 1. The number of carbonyl (C=O) groups is 1. The standard InChI is InChI=1S/C17H17F2NO3/c1-9-5-12(7-13(21)6-9)17(23)20-10(2)16(22)11-3-4-14(18)15(19)8-11/h3-8,10,16,21-22H,1-2H3,(H,20,23). The van der Waals surface area contributed by atoms with E-state index in [0.29, 0.717) is 5.56 Å². The maximum atomic E-state index is 13.2. The molecule has 1 amide bonds. The molecule has 2 rings (SSSR count). The molecule has 2 atom stereocenters. The van der Waals surface area contributed by atoms with Gasteiger partial charge in [-0.05, 0) is 55.3 Å². The Balaban J connectivity index is 2.12. The number of aryl methyl sites for hydroxylation is 1. The van der Waals surface area contributed by atoms with Crippen LogP contribution in [0.1, 0.15) is 34.5 Å². The van der Waals surface area contributed by atoms with Gasteiger partial charge in [-0.25, -0.2) is 8.78 Å². The van der Waals surface area contributed by atoms with Gasteiger partial charge in [0, 0.05) is 5.56 Å². The smallest absolute Gasteiger partial charge is 0.251 e. The molecule has 23 heavy (non-hydrogen) atoms. The van der Waals surface area contributed by atoms with Gasteiger partial charge in [0.1, 0.15) is 5.75 Å². The topological polar surface area (TPSA) is 69.6 Å². The maximum absolute atomic E-state index is 13.2. The number of amides is 1. The molecular formula is C17H17F2NO3. The van der Waals surface area contributed by atoms with Crippen LogP contribution < -0.4 is 5.32 Å². The first-order valence-electron chi connectivity index (χ1n) is 7.02. The Labute approximate surface area is 132 Å². The number of hydrogen-bond donors (Lipinski definition) is 3. The van der Waals surface area contributed by atoms with E-state index >= 15 is 0 Å². The van der Waals surface area contributed by atoms with Gasteiger partial charge in [-0.15, -0.1) is 0 Å². The van der Waals surface area contributed by atoms with Crippen molar-refractivity contribution >= 4 is 5.91 Å². The second-order valence-corrected chi connectivity index (χ2v) is 5.44. The Kier molecular flexibility index (Phi) is 4.95. The van der Waals surface area contributed by atoms with Gasteiger partial charge in [-0.1, -0.05) is 6.07 Å². The fourth-order valence-corrected chi connectivity index (χ4v) is 2.25. The number of phenols is 1. The number of aromatic hydroxyl groups is 1. The predicted octanol–water partition coefficient (Wildman–Crippen LogP) is 2.83. The van der Waals surface area contributed by atoms with Crippen molar-refractivity contribution < 1.29 is 23.8 Å². The average molecular weight is 321 g/mol. The second kappa shape index (κ2) is 6.75. The Morgan fingerprint density at radius 3 is 2.43 bits per heavy atom. The van der Waals surface area contributed by atoms with Crippen molar-refractivity contribution in [3.05, 3.63) is 64.7 Å². The molecule has 0 bridgehead atoms. The normalized spacial score (nSPS) is 13.4. The summed E-state index contributed by atoms with van der Waals surface area (Å²) in [5.41, 5.74) is 1.11. The number of carbonyl (C=O) groups excluding carboxylic acids is 1. The summed E-state index contributed by atoms with van der Waals surface area (Å²) in [7, 11) is 0. The summed E-state index contributed by atoms with van der Waals surface area (Å²) >= 11 is 0. The molecule has 3 N–H and O–H groups in total. The zero-order chi connectivity index (χ0) is 17.1. The van der Waals surface area contributed by atoms with Crippen molar-refractivity contribution in [1.82, 2.24) is 5.32 Å². The van der Waals surface area contributed by atoms with E-state index in [4.69, 9.17) is 0 Å². The Morgan fingerprint density at radius 2 is 1.83 bits per heavy atom. The molecule has 0 aliphatic carbocycles. The minimum atomic E-state index is -1.20. The number of benzene rings is 2. The van der Waals surface area contributed by atoms with Crippen molar-refractivity contribution in [2.24, 2.45) is 0 Å². The quantitative estimate of drug-likeness (QED) is 0.811. The minimum Gasteiger partial charge on any atom is -0.508 e. The zero-order valence-electron chi connectivity index (χ0n) is 12.7. The summed E-state index contributed by atoms with van der Waals surface area (Å²) in [5.74, 6) is -2.60. The Hall–Kier alpha value is -2.47. The summed E-state index contributed by atoms with van der Waals surface area (Å²) in [6, 6.07) is 6.73. The lowest BCUT2D eigenvalue weighted by Crippen LogP contribution is -2.37. The van der Waals surface area contributed by atoms with Crippen LogP contribution in [-0.4, -0.2) is 22.2 Å². The second-order valence-electron chi connectivity index (χ2n) is 5.44. The molecule has 2 aromatic rings. The summed E-state index contributed by atoms with van der Waals surface area (Å²) in [6.45, 7) is 3.27. The molecule has 0 saturated carbocycles. The molecule has 0 aliphatic rings. The number of halogens is 2. The van der Waals surface area contributed by atoms with Crippen molar-refractivity contribution in [3.63, 3.8) is 0 Å². The lowest BCUT2D eigenvalue weighted by atomic mass is 10.0. The van der Waals surface area contributed by atoms with Gasteiger partial charge in [0.15, 0.2) is 11.6 Å². The van der Waals surface area contributed by atoms with Crippen molar-refractivity contribution in [1.29, 1.82) is 0 Å². The van der Waals surface area contributed by atoms with E-state index < -0.39 is 29.7 Å². The van der Waals surface area contributed by atoms with Crippen LogP contribution in [0.5, 0.6) is 5.75 Å². The molecule has 6 heteroatoms. The van der Waals surface area contributed by atoms with Crippen LogP contribution >= 0.6 is 0 Å². The third-order valence-electron chi connectivity index (χ3n) is 3.44. The Morgan fingerprint density at radius 1 is 1.13 bits per heavy atom. The van der Waals surface area contributed by atoms with Crippen molar-refractivity contribution in [3.8, 4) is 5.75 Å². The molecule has 0 heterocycles. The number of nitrogens with one attached hydrogen (secondary N) is 1. The largest absolute Gasteiger partial charge is 0.508 e. The van der Waals surface area contributed by atoms with E-state index in [1.54, 1.807) is 19.9 Å². The van der Waals surface area contributed by atoms with Crippen molar-refractivity contribution in [2.45, 2.75) is 26.0 Å². The molecule has 0 fully saturated rings. The van der Waals surface area contributed by atoms with Crippen LogP contribution in [0.4, 0.5) is 8.78 Å². The fraction of sp³-hybridized carbons (Fsp3) is 0.235. The van der Waals surface area contributed by atoms with E-state index in [-0.39, 0.29) is 16.9 Å². The highest BCUT2D eigenvalue weighted by molar-refractivity contribution is 5.95. The highest BCUT2D eigenvalue weighted by Crippen LogP contribution is 2.20. The minimum absolute atomic E-state index is 0.0380. The van der Waals surface area contributed by atoms with E-state index in [0.717, 1.165) is 12.1 Å². The number of aliphatic hydroxyl groups excluding tert-OH is 1. The summed E-state index contributed by atoms with van der Waals surface area (Å²) in [6.07, 6.45) is -1.20. The molecular weight excluding hydrogens is 304 g/mol. The SMILES string of the molecule is Cc1cc(O)cc(C(=O)NC(C)C(O)c2ccc(F)c(F)c2)c1. The van der Waals surface area contributed by atoms with E-state index in [1.165, 1.54) is 18.2 Å². The van der Waals surface area contributed by atoms with Crippen molar-refractivity contribution in [2.75, 3.05) is 0 Å². The highest BCUT2D eigenvalue weighted by atomic mass is 19.2. The van der Waals surface area contributed by atoms with Gasteiger partial charge in [0.2, 0.25) is 0 Å². The molecule has 0 aliphatic heterocycles. The molecule has 2 aromatic carbocycles. The van der Waals surface area contributed by atoms with Crippen LogP contribution in [0.2, 0.25) is 0 Å². The van der Waals surface area contributed by atoms with Gasteiger partial charge < -0.3 is 15.5 Å². The molecule has 0 spiro atoms. The van der Waals surface area contributed by atoms with Gasteiger partial charge in [0.05, 0.1) is 12.1 Å². The van der Waals surface area contributed by atoms with Crippen LogP contribution in [0.3, 0.4) is 0 Å². The number of rotatable bonds is 4. The Bertz CT molecular complexity index is 714. The first kappa shape index (κ1) is 16.9. The van der Waals surface area contributed by atoms with Gasteiger partial charge in [-0.2, -0.15) is 0 Å². The molecule has 0 radical (unpaired) electrons. The number of hydrogen-bond acceptors (Lipinski definition) is 3. The number of phenolic OH excluding ortho intramolecular Hbond substituents is 1. The van der Waals surface area contributed by atoms with Gasteiger partial charge in [-0.3, -0.25) is 4.79 Å². The summed E-state index contributed by atoms with van der Waals surface area (Å²) in [4.78, 5) is 12.1. The highest BCUT2D eigenvalue weighted by Gasteiger charge is 2.20. The summed E-state index contributed by atoms with van der Waals surface area (Å²) in [5, 5.41) is 22.2. The fourth-order valence-electron chi connectivity index (χ4n) is 2.25. The zero-order valence-corrected chi connectivity index (χ0v) is 12.7. The van der Waals surface area contributed by atoms with E-state index in [9.17, 15) is 23.8 Å². The molecule has 2 unspecified atom stereocenters. The van der Waals surface area contributed by atoms with Crippen LogP contribution in [0.15, 0.2) is 36.4 Å². The molecule has 0 aromatic heterocycles. The lowest BCUT2D eigenvalue weighted by Gasteiger charge is -2.21. The third-order valence-corrected chi connectivity index (χ3v) is 3.44. The third kappa shape index (κ3) is 4.04. The van der Waals surface area contributed by atoms with Crippen LogP contribution in [0, 0.1) is 18.6 Å².